The molecular weight excluding hydrogens is 585 g/mol. The maximum absolute atomic E-state index is 13.7. The van der Waals surface area contributed by atoms with Crippen LogP contribution in [0.1, 0.15) is 54.6 Å². The zero-order valence-electron chi connectivity index (χ0n) is 23.0. The second-order valence-corrected chi connectivity index (χ2v) is 11.4. The summed E-state index contributed by atoms with van der Waals surface area (Å²) in [5.41, 5.74) is 0.0158. The molecule has 1 aliphatic carbocycles. The number of anilines is 1. The average Bonchev–Trinajstić information content (AvgIpc) is 3.53. The first-order valence-corrected chi connectivity index (χ1v) is 14.5. The number of rotatable bonds is 6. The van der Waals surface area contributed by atoms with Crippen molar-refractivity contribution in [3.63, 3.8) is 0 Å². The van der Waals surface area contributed by atoms with E-state index in [1.165, 1.54) is 0 Å². The number of pyridine rings is 2. The summed E-state index contributed by atoms with van der Waals surface area (Å²) in [6.45, 7) is 1.08. The molecule has 43 heavy (non-hydrogen) atoms. The standard InChI is InChI=1S/C30H28ClF3N6O3/c31-19-14-22(27(36-15-19)30(32,33)34)28(42)37-20-9-7-18(8-10-20)17-39-23-4-1-2-5-24(23)40(29(39)43)21-11-12-25(35-16-21)38-13-3-6-26(38)41/h1-2,4-5,11-12,14-16,18,20H,3,6-10,13,17H2,(H,37,42)/t18-,20-. The molecule has 0 atom stereocenters. The number of hydrogen-bond acceptors (Lipinski definition) is 5. The van der Waals surface area contributed by atoms with E-state index in [0.29, 0.717) is 56.7 Å². The van der Waals surface area contributed by atoms with Gasteiger partial charge in [-0.25, -0.2) is 14.8 Å². The fraction of sp³-hybridized carbons (Fsp3) is 0.367. The molecule has 1 saturated heterocycles. The van der Waals surface area contributed by atoms with E-state index in [0.717, 1.165) is 29.7 Å². The number of carbonyl (C=O) groups excluding carboxylic acids is 2. The Morgan fingerprint density at radius 3 is 2.40 bits per heavy atom. The quantitative estimate of drug-likeness (QED) is 0.315. The fourth-order valence-electron chi connectivity index (χ4n) is 6.04. The monoisotopic (exact) mass is 612 g/mol. The number of halogens is 4. The highest BCUT2D eigenvalue weighted by molar-refractivity contribution is 6.30. The van der Waals surface area contributed by atoms with Crippen LogP contribution in [0.2, 0.25) is 5.02 Å². The molecule has 2 fully saturated rings. The van der Waals surface area contributed by atoms with Gasteiger partial charge in [0.05, 0.1) is 33.5 Å². The normalized spacial score (nSPS) is 19.3. The lowest BCUT2D eigenvalue weighted by molar-refractivity contribution is -0.141. The first-order chi connectivity index (χ1) is 20.6. The fourth-order valence-corrected chi connectivity index (χ4v) is 6.20. The molecule has 0 radical (unpaired) electrons. The molecule has 4 heterocycles. The zero-order valence-corrected chi connectivity index (χ0v) is 23.7. The Morgan fingerprint density at radius 1 is 1.00 bits per heavy atom. The lowest BCUT2D eigenvalue weighted by Crippen LogP contribution is -2.39. The molecule has 9 nitrogen and oxygen atoms in total. The molecule has 1 saturated carbocycles. The van der Waals surface area contributed by atoms with E-state index < -0.39 is 23.3 Å². The second-order valence-electron chi connectivity index (χ2n) is 11.0. The highest BCUT2D eigenvalue weighted by Gasteiger charge is 2.38. The van der Waals surface area contributed by atoms with Gasteiger partial charge in [-0.05, 0) is 68.4 Å². The molecule has 3 aromatic heterocycles. The third-order valence-corrected chi connectivity index (χ3v) is 8.37. The summed E-state index contributed by atoms with van der Waals surface area (Å²) in [4.78, 5) is 48.1. The van der Waals surface area contributed by atoms with Crippen LogP contribution < -0.4 is 15.9 Å². The number of amides is 2. The third-order valence-electron chi connectivity index (χ3n) is 8.17. The molecule has 1 N–H and O–H groups in total. The Hall–Kier alpha value is -4.19. The number of alkyl halides is 3. The minimum Gasteiger partial charge on any atom is -0.349 e. The number of imidazole rings is 1. The van der Waals surface area contributed by atoms with Gasteiger partial charge >= 0.3 is 11.9 Å². The summed E-state index contributed by atoms with van der Waals surface area (Å²) in [5.74, 6) is -0.131. The van der Waals surface area contributed by atoms with Crippen molar-refractivity contribution in [1.29, 1.82) is 0 Å². The Morgan fingerprint density at radius 2 is 1.74 bits per heavy atom. The predicted molar refractivity (Wildman–Crippen MR) is 154 cm³/mol. The Labute approximate surface area is 249 Å². The van der Waals surface area contributed by atoms with Gasteiger partial charge in [0.15, 0.2) is 5.69 Å². The Bertz CT molecular complexity index is 1740. The van der Waals surface area contributed by atoms with E-state index in [2.05, 4.69) is 15.3 Å². The van der Waals surface area contributed by atoms with Gasteiger partial charge in [0.2, 0.25) is 5.91 Å². The second kappa shape index (κ2) is 11.5. The summed E-state index contributed by atoms with van der Waals surface area (Å²) < 4.78 is 43.5. The van der Waals surface area contributed by atoms with Crippen LogP contribution >= 0.6 is 11.6 Å². The zero-order chi connectivity index (χ0) is 30.3. The van der Waals surface area contributed by atoms with Crippen LogP contribution in [0.25, 0.3) is 16.7 Å². The van der Waals surface area contributed by atoms with Gasteiger partial charge in [-0.15, -0.1) is 0 Å². The van der Waals surface area contributed by atoms with Crippen molar-refractivity contribution in [2.45, 2.75) is 57.3 Å². The number of fused-ring (bicyclic) bond motifs is 1. The highest BCUT2D eigenvalue weighted by Crippen LogP contribution is 2.32. The molecule has 1 aliphatic heterocycles. The minimum atomic E-state index is -4.79. The van der Waals surface area contributed by atoms with Crippen molar-refractivity contribution < 1.29 is 22.8 Å². The van der Waals surface area contributed by atoms with Crippen molar-refractivity contribution >= 4 is 40.3 Å². The molecule has 224 valence electrons. The maximum atomic E-state index is 13.7. The van der Waals surface area contributed by atoms with Crippen LogP contribution in [0.15, 0.2) is 59.7 Å². The summed E-state index contributed by atoms with van der Waals surface area (Å²) in [6.07, 6.45) is 1.45. The third kappa shape index (κ3) is 5.75. The van der Waals surface area contributed by atoms with Crippen molar-refractivity contribution in [3.05, 3.63) is 81.6 Å². The molecule has 2 amide bonds. The molecule has 13 heteroatoms. The summed E-state index contributed by atoms with van der Waals surface area (Å²) >= 11 is 5.83. The van der Waals surface area contributed by atoms with E-state index in [4.69, 9.17) is 11.6 Å². The minimum absolute atomic E-state index is 0.0378. The van der Waals surface area contributed by atoms with Gasteiger partial charge in [0.25, 0.3) is 5.91 Å². The van der Waals surface area contributed by atoms with Crippen molar-refractivity contribution in [2.75, 3.05) is 11.4 Å². The van der Waals surface area contributed by atoms with Gasteiger partial charge in [-0.1, -0.05) is 23.7 Å². The van der Waals surface area contributed by atoms with Crippen LogP contribution in [0, 0.1) is 5.92 Å². The van der Waals surface area contributed by atoms with Crippen LogP contribution in [-0.4, -0.2) is 43.5 Å². The number of benzene rings is 1. The maximum Gasteiger partial charge on any atom is 0.434 e. The Kier molecular flexibility index (Phi) is 7.72. The molecule has 4 aromatic rings. The van der Waals surface area contributed by atoms with Crippen molar-refractivity contribution in [1.82, 2.24) is 24.4 Å². The molecule has 0 bridgehead atoms. The average molecular weight is 613 g/mol. The van der Waals surface area contributed by atoms with E-state index in [1.54, 1.807) is 32.4 Å². The van der Waals surface area contributed by atoms with E-state index >= 15 is 0 Å². The largest absolute Gasteiger partial charge is 0.434 e. The first-order valence-electron chi connectivity index (χ1n) is 14.1. The van der Waals surface area contributed by atoms with Gasteiger partial charge < -0.3 is 5.32 Å². The van der Waals surface area contributed by atoms with Gasteiger partial charge in [0.1, 0.15) is 5.82 Å². The lowest BCUT2D eigenvalue weighted by Gasteiger charge is -2.29. The number of nitrogens with one attached hydrogen (secondary N) is 1. The smallest absolute Gasteiger partial charge is 0.349 e. The van der Waals surface area contributed by atoms with Gasteiger partial charge in [-0.2, -0.15) is 13.2 Å². The summed E-state index contributed by atoms with van der Waals surface area (Å²) in [7, 11) is 0. The number of hydrogen-bond donors (Lipinski definition) is 1. The number of para-hydroxylation sites is 2. The SMILES string of the molecule is O=C(N[C@H]1CC[C@H](Cn2c(=O)n(-c3ccc(N4CCCC4=O)nc3)c3ccccc32)CC1)c1cc(Cl)cnc1C(F)(F)F. The van der Waals surface area contributed by atoms with Gasteiger partial charge in [-0.3, -0.25) is 23.6 Å². The Balaban J connectivity index is 1.16. The van der Waals surface area contributed by atoms with E-state index in [1.807, 2.05) is 24.3 Å². The topological polar surface area (TPSA) is 102 Å². The van der Waals surface area contributed by atoms with Crippen LogP contribution in [-0.2, 0) is 17.5 Å². The number of nitrogens with zero attached hydrogens (tertiary/aromatic N) is 5. The predicted octanol–water partition coefficient (Wildman–Crippen LogP) is 5.37. The van der Waals surface area contributed by atoms with Crippen molar-refractivity contribution in [2.24, 2.45) is 5.92 Å². The van der Waals surface area contributed by atoms with Crippen LogP contribution in [0.5, 0.6) is 0 Å². The highest BCUT2D eigenvalue weighted by atomic mass is 35.5. The molecule has 2 aliphatic rings. The van der Waals surface area contributed by atoms with Crippen molar-refractivity contribution in [3.8, 4) is 5.69 Å². The van der Waals surface area contributed by atoms with Crippen LogP contribution in [0.3, 0.4) is 0 Å². The van der Waals surface area contributed by atoms with Crippen LogP contribution in [0.4, 0.5) is 19.0 Å². The molecule has 1 aromatic carbocycles. The number of carbonyl (C=O) groups is 2. The first kappa shape index (κ1) is 28.9. The van der Waals surface area contributed by atoms with Gasteiger partial charge in [0, 0.05) is 31.7 Å². The molecule has 6 rings (SSSR count). The molecule has 0 unspecified atom stereocenters. The summed E-state index contributed by atoms with van der Waals surface area (Å²) in [6, 6.07) is 11.7. The molecule has 0 spiro atoms. The summed E-state index contributed by atoms with van der Waals surface area (Å²) in [5, 5.41) is 2.66. The van der Waals surface area contributed by atoms with E-state index in [9.17, 15) is 27.6 Å². The number of aromatic nitrogens is 4. The molecular formula is C30H28ClF3N6O3. The van der Waals surface area contributed by atoms with E-state index in [-0.39, 0.29) is 28.6 Å². The lowest BCUT2D eigenvalue weighted by atomic mass is 9.85.